The van der Waals surface area contributed by atoms with Gasteiger partial charge in [0.1, 0.15) is 0 Å². The third-order valence-electron chi connectivity index (χ3n) is 10.7. The van der Waals surface area contributed by atoms with Crippen LogP contribution in [0.25, 0.3) is 66.9 Å². The van der Waals surface area contributed by atoms with E-state index in [9.17, 15) is 0 Å². The van der Waals surface area contributed by atoms with Gasteiger partial charge in [0, 0.05) is 16.7 Å². The Hall–Kier alpha value is -6.90. The number of rotatable bonds is 6. The van der Waals surface area contributed by atoms with E-state index in [0.29, 0.717) is 5.82 Å². The van der Waals surface area contributed by atoms with Crippen LogP contribution in [0.1, 0.15) is 22.3 Å². The summed E-state index contributed by atoms with van der Waals surface area (Å²) in [5, 5.41) is 2.42. The zero-order valence-electron chi connectivity index (χ0n) is 29.0. The van der Waals surface area contributed by atoms with Crippen molar-refractivity contribution >= 4 is 10.8 Å². The molecule has 53 heavy (non-hydrogen) atoms. The molecule has 1 heterocycles. The maximum Gasteiger partial charge on any atom is 0.160 e. The van der Waals surface area contributed by atoms with E-state index in [1.165, 1.54) is 49.7 Å². The molecule has 9 aromatic rings. The van der Waals surface area contributed by atoms with Crippen molar-refractivity contribution in [3.63, 3.8) is 0 Å². The van der Waals surface area contributed by atoms with Crippen molar-refractivity contribution in [1.82, 2.24) is 9.97 Å². The van der Waals surface area contributed by atoms with Gasteiger partial charge in [-0.3, -0.25) is 0 Å². The molecule has 0 spiro atoms. The lowest BCUT2D eigenvalue weighted by Crippen LogP contribution is -2.28. The summed E-state index contributed by atoms with van der Waals surface area (Å²) in [7, 11) is 0. The van der Waals surface area contributed by atoms with Crippen LogP contribution in [0.3, 0.4) is 0 Å². The SMILES string of the molecule is c1ccc(-c2cccc(-c3cc(-c4cc5ccccc5c5c4-c4ccccc4C5(c4ccccc4)c4ccccc4)nc(-c4ccccc4)n3)c2)cc1. The van der Waals surface area contributed by atoms with E-state index in [1.807, 2.05) is 6.07 Å². The summed E-state index contributed by atoms with van der Waals surface area (Å²) >= 11 is 0. The third kappa shape index (κ3) is 5.03. The first-order valence-corrected chi connectivity index (χ1v) is 18.2. The highest BCUT2D eigenvalue weighted by Crippen LogP contribution is 2.60. The molecule has 0 fully saturated rings. The Labute approximate surface area is 309 Å². The molecule has 0 unspecified atom stereocenters. The molecule has 0 amide bonds. The van der Waals surface area contributed by atoms with Crippen LogP contribution < -0.4 is 0 Å². The molecule has 0 aliphatic heterocycles. The highest BCUT2D eigenvalue weighted by atomic mass is 14.9. The molecule has 0 N–H and O–H groups in total. The molecular weight excluding hydrogens is 641 g/mol. The normalized spacial score (nSPS) is 12.7. The second-order valence-electron chi connectivity index (χ2n) is 13.7. The van der Waals surface area contributed by atoms with Crippen molar-refractivity contribution in [3.8, 4) is 56.2 Å². The summed E-state index contributed by atoms with van der Waals surface area (Å²) in [6.45, 7) is 0. The summed E-state index contributed by atoms with van der Waals surface area (Å²) < 4.78 is 0. The molecule has 0 bridgehead atoms. The monoisotopic (exact) mass is 674 g/mol. The topological polar surface area (TPSA) is 25.8 Å². The second kappa shape index (κ2) is 12.7. The van der Waals surface area contributed by atoms with E-state index in [4.69, 9.17) is 9.97 Å². The Bertz CT molecular complexity index is 2720. The highest BCUT2D eigenvalue weighted by molar-refractivity contribution is 6.06. The van der Waals surface area contributed by atoms with Gasteiger partial charge in [0.15, 0.2) is 5.82 Å². The van der Waals surface area contributed by atoms with E-state index in [2.05, 4.69) is 200 Å². The molecule has 248 valence electrons. The first kappa shape index (κ1) is 30.9. The Morgan fingerprint density at radius 1 is 0.358 bits per heavy atom. The van der Waals surface area contributed by atoms with Gasteiger partial charge in [0.25, 0.3) is 0 Å². The molecule has 0 saturated heterocycles. The smallest absolute Gasteiger partial charge is 0.160 e. The Balaban J connectivity index is 1.31. The van der Waals surface area contributed by atoms with Gasteiger partial charge in [0.05, 0.1) is 16.8 Å². The van der Waals surface area contributed by atoms with Crippen LogP contribution in [-0.4, -0.2) is 9.97 Å². The van der Waals surface area contributed by atoms with Gasteiger partial charge in [-0.2, -0.15) is 0 Å². The average molecular weight is 675 g/mol. The Morgan fingerprint density at radius 2 is 0.906 bits per heavy atom. The lowest BCUT2D eigenvalue weighted by atomic mass is 9.66. The summed E-state index contributed by atoms with van der Waals surface area (Å²) in [6.07, 6.45) is 0. The molecule has 10 rings (SSSR count). The van der Waals surface area contributed by atoms with E-state index in [1.54, 1.807) is 0 Å². The van der Waals surface area contributed by atoms with Crippen LogP contribution in [0.15, 0.2) is 206 Å². The predicted molar refractivity (Wildman–Crippen MR) is 219 cm³/mol. The van der Waals surface area contributed by atoms with Crippen LogP contribution in [0.2, 0.25) is 0 Å². The molecular formula is C51H34N2. The van der Waals surface area contributed by atoms with E-state index >= 15 is 0 Å². The first-order valence-electron chi connectivity index (χ1n) is 18.2. The molecule has 8 aromatic carbocycles. The molecule has 0 atom stereocenters. The number of nitrogens with zero attached hydrogens (tertiary/aromatic N) is 2. The van der Waals surface area contributed by atoms with Crippen LogP contribution in [-0.2, 0) is 5.41 Å². The number of aromatic nitrogens is 2. The standard InChI is InChI=1S/C51H34N2/c1-5-18-35(19-6-1)37-23-17-24-39(32-37)46-34-47(53-50(52-46)36-20-7-2-8-21-36)44-33-38-22-13-14-29-42(38)49-48(44)43-30-15-16-31-45(43)51(49,40-25-9-3-10-26-40)41-27-11-4-12-28-41/h1-34H. The van der Waals surface area contributed by atoms with Crippen molar-refractivity contribution in [2.45, 2.75) is 5.41 Å². The molecule has 0 radical (unpaired) electrons. The Morgan fingerprint density at radius 3 is 1.62 bits per heavy atom. The largest absolute Gasteiger partial charge is 0.228 e. The van der Waals surface area contributed by atoms with Gasteiger partial charge in [-0.15, -0.1) is 0 Å². The quantitative estimate of drug-likeness (QED) is 0.175. The summed E-state index contributed by atoms with van der Waals surface area (Å²) in [6, 6.07) is 74.0. The van der Waals surface area contributed by atoms with Crippen molar-refractivity contribution < 1.29 is 0 Å². The fourth-order valence-corrected chi connectivity index (χ4v) is 8.46. The van der Waals surface area contributed by atoms with Crippen molar-refractivity contribution in [1.29, 1.82) is 0 Å². The van der Waals surface area contributed by atoms with Gasteiger partial charge >= 0.3 is 0 Å². The first-order chi connectivity index (χ1) is 26.3. The second-order valence-corrected chi connectivity index (χ2v) is 13.7. The molecule has 1 aromatic heterocycles. The molecule has 2 heteroatoms. The van der Waals surface area contributed by atoms with Crippen LogP contribution in [0.5, 0.6) is 0 Å². The fraction of sp³-hybridized carbons (Fsp3) is 0.0196. The summed E-state index contributed by atoms with van der Waals surface area (Å²) in [5.74, 6) is 0.703. The fourth-order valence-electron chi connectivity index (χ4n) is 8.46. The molecule has 1 aliphatic rings. The van der Waals surface area contributed by atoms with Crippen molar-refractivity contribution in [2.75, 3.05) is 0 Å². The minimum atomic E-state index is -0.549. The zero-order chi connectivity index (χ0) is 35.2. The van der Waals surface area contributed by atoms with E-state index < -0.39 is 5.41 Å². The minimum absolute atomic E-state index is 0.549. The molecule has 1 aliphatic carbocycles. The zero-order valence-corrected chi connectivity index (χ0v) is 29.0. The predicted octanol–water partition coefficient (Wildman–Crippen LogP) is 12.7. The molecule has 2 nitrogen and oxygen atoms in total. The highest BCUT2D eigenvalue weighted by Gasteiger charge is 2.48. The lowest BCUT2D eigenvalue weighted by molar-refractivity contribution is 0.775. The average Bonchev–Trinajstić information content (AvgIpc) is 3.57. The lowest BCUT2D eigenvalue weighted by Gasteiger charge is -2.34. The number of hydrogen-bond acceptors (Lipinski definition) is 2. The summed E-state index contributed by atoms with van der Waals surface area (Å²) in [5.41, 5.74) is 14.2. The van der Waals surface area contributed by atoms with E-state index in [-0.39, 0.29) is 0 Å². The number of benzene rings is 8. The summed E-state index contributed by atoms with van der Waals surface area (Å²) in [4.78, 5) is 10.7. The van der Waals surface area contributed by atoms with Crippen LogP contribution >= 0.6 is 0 Å². The van der Waals surface area contributed by atoms with E-state index in [0.717, 1.165) is 33.6 Å². The minimum Gasteiger partial charge on any atom is -0.228 e. The maximum absolute atomic E-state index is 5.42. The van der Waals surface area contributed by atoms with Crippen molar-refractivity contribution in [2.24, 2.45) is 0 Å². The van der Waals surface area contributed by atoms with Gasteiger partial charge in [-0.25, -0.2) is 9.97 Å². The third-order valence-corrected chi connectivity index (χ3v) is 10.7. The molecule has 0 saturated carbocycles. The van der Waals surface area contributed by atoms with Gasteiger partial charge in [-0.05, 0) is 73.5 Å². The number of hydrogen-bond donors (Lipinski definition) is 0. The van der Waals surface area contributed by atoms with Gasteiger partial charge in [0.2, 0.25) is 0 Å². The van der Waals surface area contributed by atoms with Gasteiger partial charge in [-0.1, -0.05) is 188 Å². The maximum atomic E-state index is 5.42. The number of fused-ring (bicyclic) bond motifs is 5. The Kier molecular flexibility index (Phi) is 7.40. The van der Waals surface area contributed by atoms with Crippen LogP contribution in [0.4, 0.5) is 0 Å². The van der Waals surface area contributed by atoms with Gasteiger partial charge < -0.3 is 0 Å². The van der Waals surface area contributed by atoms with Crippen LogP contribution in [0, 0.1) is 0 Å². The van der Waals surface area contributed by atoms with Crippen molar-refractivity contribution in [3.05, 3.63) is 229 Å².